The van der Waals surface area contributed by atoms with Crippen molar-refractivity contribution in [2.75, 3.05) is 0 Å². The van der Waals surface area contributed by atoms with E-state index in [4.69, 9.17) is 0 Å². The predicted octanol–water partition coefficient (Wildman–Crippen LogP) is 4.39. The summed E-state index contributed by atoms with van der Waals surface area (Å²) in [6, 6.07) is 8.12. The van der Waals surface area contributed by atoms with E-state index in [-0.39, 0.29) is 22.8 Å². The van der Waals surface area contributed by atoms with Crippen LogP contribution in [0.1, 0.15) is 52.8 Å². The summed E-state index contributed by atoms with van der Waals surface area (Å²) in [5.74, 6) is 0.261. The standard InChI is InChI=1S/C20H30N2O/c1-13-15(14-10-8-9-11-16(14)21-13)12-17(22-20(5,6)7)18(23)19(2,3)4/h8-11,17,21-22H,12H2,1-7H3/t17-/m0/s1. The van der Waals surface area contributed by atoms with E-state index in [2.05, 4.69) is 56.2 Å². The molecule has 1 aromatic carbocycles. The SMILES string of the molecule is Cc1[nH]c2ccccc2c1C[C@H](NC(C)(C)C)C(=O)C(C)(C)C. The summed E-state index contributed by atoms with van der Waals surface area (Å²) in [6.07, 6.45) is 0.712. The lowest BCUT2D eigenvalue weighted by Gasteiger charge is -2.32. The minimum atomic E-state index is -0.358. The molecule has 0 aliphatic carbocycles. The maximum absolute atomic E-state index is 12.9. The zero-order valence-electron chi connectivity index (χ0n) is 15.5. The van der Waals surface area contributed by atoms with Crippen molar-refractivity contribution in [1.29, 1.82) is 0 Å². The molecule has 0 saturated carbocycles. The fourth-order valence-electron chi connectivity index (χ4n) is 3.06. The molecule has 126 valence electrons. The number of aromatic amines is 1. The van der Waals surface area contributed by atoms with Crippen molar-refractivity contribution in [2.24, 2.45) is 5.41 Å². The topological polar surface area (TPSA) is 44.9 Å². The molecule has 0 saturated heterocycles. The molecule has 2 N–H and O–H groups in total. The number of carbonyl (C=O) groups excluding carboxylic acids is 1. The zero-order valence-corrected chi connectivity index (χ0v) is 15.5. The largest absolute Gasteiger partial charge is 0.358 e. The second-order valence-electron chi connectivity index (χ2n) is 8.54. The molecule has 0 bridgehead atoms. The summed E-state index contributed by atoms with van der Waals surface area (Å²) in [5, 5.41) is 4.74. The molecule has 0 fully saturated rings. The van der Waals surface area contributed by atoms with Gasteiger partial charge in [-0.05, 0) is 45.7 Å². The number of Topliss-reactive ketones (excluding diaryl/α,β-unsaturated/α-hetero) is 1. The molecule has 0 radical (unpaired) electrons. The summed E-state index contributed by atoms with van der Waals surface area (Å²) >= 11 is 0. The minimum Gasteiger partial charge on any atom is -0.358 e. The van der Waals surface area contributed by atoms with Gasteiger partial charge in [0.05, 0.1) is 6.04 Å². The van der Waals surface area contributed by atoms with Crippen LogP contribution >= 0.6 is 0 Å². The third-order valence-corrected chi connectivity index (χ3v) is 4.10. The van der Waals surface area contributed by atoms with Crippen molar-refractivity contribution >= 4 is 16.7 Å². The summed E-state index contributed by atoms with van der Waals surface area (Å²) in [6.45, 7) is 14.4. The molecule has 0 unspecified atom stereocenters. The van der Waals surface area contributed by atoms with Gasteiger partial charge in [-0.3, -0.25) is 4.79 Å². The number of carbonyl (C=O) groups is 1. The second kappa shape index (κ2) is 6.12. The highest BCUT2D eigenvalue weighted by molar-refractivity contribution is 5.91. The first-order valence-electron chi connectivity index (χ1n) is 8.37. The Morgan fingerprint density at radius 1 is 1.13 bits per heavy atom. The van der Waals surface area contributed by atoms with Crippen molar-refractivity contribution in [3.63, 3.8) is 0 Å². The Kier molecular flexibility index (Phi) is 4.72. The Bertz CT molecular complexity index is 698. The number of para-hydroxylation sites is 1. The average molecular weight is 314 g/mol. The quantitative estimate of drug-likeness (QED) is 0.879. The van der Waals surface area contributed by atoms with Gasteiger partial charge in [0.2, 0.25) is 0 Å². The first-order chi connectivity index (χ1) is 10.5. The third-order valence-electron chi connectivity index (χ3n) is 4.10. The highest BCUT2D eigenvalue weighted by Crippen LogP contribution is 2.26. The van der Waals surface area contributed by atoms with Crippen LogP contribution in [-0.2, 0) is 11.2 Å². The van der Waals surface area contributed by atoms with Crippen LogP contribution in [0.3, 0.4) is 0 Å². The summed E-state index contributed by atoms with van der Waals surface area (Å²) in [5.41, 5.74) is 3.06. The molecule has 1 aromatic heterocycles. The van der Waals surface area contributed by atoms with Gasteiger partial charge in [-0.2, -0.15) is 0 Å². The molecule has 3 nitrogen and oxygen atoms in total. The van der Waals surface area contributed by atoms with Crippen LogP contribution in [0, 0.1) is 12.3 Å². The average Bonchev–Trinajstić information content (AvgIpc) is 2.71. The van der Waals surface area contributed by atoms with Crippen molar-refractivity contribution in [1.82, 2.24) is 10.3 Å². The Morgan fingerprint density at radius 2 is 1.74 bits per heavy atom. The molecule has 1 heterocycles. The maximum Gasteiger partial charge on any atom is 0.155 e. The summed E-state index contributed by atoms with van der Waals surface area (Å²) in [4.78, 5) is 16.4. The predicted molar refractivity (Wildman–Crippen MR) is 97.9 cm³/mol. The van der Waals surface area contributed by atoms with Crippen LogP contribution in [0.25, 0.3) is 10.9 Å². The Labute approximate surface area is 139 Å². The number of aromatic nitrogens is 1. The fourth-order valence-corrected chi connectivity index (χ4v) is 3.06. The number of nitrogens with one attached hydrogen (secondary N) is 2. The van der Waals surface area contributed by atoms with E-state index in [9.17, 15) is 4.79 Å². The van der Waals surface area contributed by atoms with Gasteiger partial charge in [-0.15, -0.1) is 0 Å². The Balaban J connectivity index is 2.40. The lowest BCUT2D eigenvalue weighted by atomic mass is 9.83. The van der Waals surface area contributed by atoms with Crippen LogP contribution in [-0.4, -0.2) is 22.3 Å². The number of benzene rings is 1. The van der Waals surface area contributed by atoms with Gasteiger partial charge in [0.25, 0.3) is 0 Å². The molecule has 0 aliphatic heterocycles. The molecule has 23 heavy (non-hydrogen) atoms. The van der Waals surface area contributed by atoms with Crippen LogP contribution in [0.2, 0.25) is 0 Å². The highest BCUT2D eigenvalue weighted by Gasteiger charge is 2.32. The highest BCUT2D eigenvalue weighted by atomic mass is 16.1. The molecular formula is C20H30N2O. The van der Waals surface area contributed by atoms with Crippen molar-refractivity contribution in [2.45, 2.75) is 66.5 Å². The lowest BCUT2D eigenvalue weighted by molar-refractivity contribution is -0.128. The molecular weight excluding hydrogens is 284 g/mol. The fraction of sp³-hybridized carbons (Fsp3) is 0.550. The van der Waals surface area contributed by atoms with E-state index in [0.717, 1.165) is 11.2 Å². The summed E-state index contributed by atoms with van der Waals surface area (Å²) < 4.78 is 0. The van der Waals surface area contributed by atoms with Crippen molar-refractivity contribution < 1.29 is 4.79 Å². The van der Waals surface area contributed by atoms with Gasteiger partial charge >= 0.3 is 0 Å². The van der Waals surface area contributed by atoms with Crippen LogP contribution in [0.5, 0.6) is 0 Å². The third kappa shape index (κ3) is 4.23. The van der Waals surface area contributed by atoms with E-state index in [1.807, 2.05) is 26.8 Å². The van der Waals surface area contributed by atoms with Gasteiger partial charge in [0.15, 0.2) is 5.78 Å². The van der Waals surface area contributed by atoms with E-state index >= 15 is 0 Å². The smallest absolute Gasteiger partial charge is 0.155 e. The molecule has 3 heteroatoms. The van der Waals surface area contributed by atoms with Crippen molar-refractivity contribution in [3.8, 4) is 0 Å². The van der Waals surface area contributed by atoms with Gasteiger partial charge in [-0.1, -0.05) is 39.0 Å². The van der Waals surface area contributed by atoms with E-state index in [1.165, 1.54) is 10.9 Å². The molecule has 1 atom stereocenters. The van der Waals surface area contributed by atoms with Crippen LogP contribution in [0.4, 0.5) is 0 Å². The van der Waals surface area contributed by atoms with E-state index < -0.39 is 0 Å². The number of rotatable bonds is 4. The van der Waals surface area contributed by atoms with Gasteiger partial charge in [0, 0.05) is 27.6 Å². The number of fused-ring (bicyclic) bond motifs is 1. The first-order valence-corrected chi connectivity index (χ1v) is 8.37. The second-order valence-corrected chi connectivity index (χ2v) is 8.54. The maximum atomic E-state index is 12.9. The molecule has 0 amide bonds. The number of hydrogen-bond donors (Lipinski definition) is 2. The van der Waals surface area contributed by atoms with Gasteiger partial charge in [-0.25, -0.2) is 0 Å². The van der Waals surface area contributed by atoms with Crippen LogP contribution < -0.4 is 5.32 Å². The van der Waals surface area contributed by atoms with Crippen molar-refractivity contribution in [3.05, 3.63) is 35.5 Å². The Hall–Kier alpha value is -1.61. The molecule has 0 spiro atoms. The van der Waals surface area contributed by atoms with Gasteiger partial charge < -0.3 is 10.3 Å². The van der Waals surface area contributed by atoms with Gasteiger partial charge in [0.1, 0.15) is 0 Å². The number of hydrogen-bond acceptors (Lipinski definition) is 2. The van der Waals surface area contributed by atoms with Crippen LogP contribution in [0.15, 0.2) is 24.3 Å². The number of H-pyrrole nitrogens is 1. The van der Waals surface area contributed by atoms with E-state index in [1.54, 1.807) is 0 Å². The minimum absolute atomic E-state index is 0.106. The lowest BCUT2D eigenvalue weighted by Crippen LogP contribution is -2.51. The normalized spacial score (nSPS) is 14.2. The molecule has 2 aromatic rings. The first kappa shape index (κ1) is 17.7. The van der Waals surface area contributed by atoms with E-state index in [0.29, 0.717) is 6.42 Å². The molecule has 2 rings (SSSR count). The number of ketones is 1. The summed E-state index contributed by atoms with van der Waals surface area (Å²) in [7, 11) is 0. The number of aryl methyl sites for hydroxylation is 1. The zero-order chi connectivity index (χ0) is 17.4. The monoisotopic (exact) mass is 314 g/mol. The molecule has 0 aliphatic rings. The Morgan fingerprint density at radius 3 is 2.30 bits per heavy atom.